The molecule has 82 valence electrons. The molecule has 1 aliphatic rings. The number of hydrogen-bond donors (Lipinski definition) is 1. The summed E-state index contributed by atoms with van der Waals surface area (Å²) in [5.74, 6) is 0.0142. The van der Waals surface area contributed by atoms with E-state index in [9.17, 15) is 8.42 Å². The lowest BCUT2D eigenvalue weighted by Gasteiger charge is -2.09. The first-order valence-electron chi connectivity index (χ1n) is 4.69. The normalized spacial score (nSPS) is 18.8. The van der Waals surface area contributed by atoms with Crippen LogP contribution in [0, 0.1) is 0 Å². The van der Waals surface area contributed by atoms with Gasteiger partial charge in [0.15, 0.2) is 9.84 Å². The molecule has 0 aliphatic heterocycles. The van der Waals surface area contributed by atoms with Gasteiger partial charge in [-0.1, -0.05) is 17.7 Å². The second-order valence-electron chi connectivity index (χ2n) is 4.08. The zero-order valence-electron chi connectivity index (χ0n) is 8.11. The molecule has 0 aromatic heterocycles. The Hall–Kier alpha value is -0.580. The maximum absolute atomic E-state index is 11.9. The highest BCUT2D eigenvalue weighted by Crippen LogP contribution is 2.35. The Kier molecular flexibility index (Phi) is 2.53. The van der Waals surface area contributed by atoms with Crippen LogP contribution in [0.1, 0.15) is 12.8 Å². The monoisotopic (exact) mass is 245 g/mol. The summed E-state index contributed by atoms with van der Waals surface area (Å²) >= 11 is 5.74. The van der Waals surface area contributed by atoms with E-state index in [0.717, 1.165) is 12.8 Å². The molecule has 1 aliphatic carbocycles. The molecule has 0 unspecified atom stereocenters. The van der Waals surface area contributed by atoms with Crippen molar-refractivity contribution in [1.82, 2.24) is 0 Å². The van der Waals surface area contributed by atoms with Crippen molar-refractivity contribution in [3.8, 4) is 0 Å². The third kappa shape index (κ3) is 2.51. The van der Waals surface area contributed by atoms with Gasteiger partial charge in [0.2, 0.25) is 0 Å². The lowest BCUT2D eigenvalue weighted by molar-refractivity contribution is 0.585. The van der Waals surface area contributed by atoms with Gasteiger partial charge < -0.3 is 5.73 Å². The fourth-order valence-electron chi connectivity index (χ4n) is 1.43. The SMILES string of the molecule is NC1(CS(=O)(=O)c2cccc(Cl)c2)CC1. The van der Waals surface area contributed by atoms with Crippen LogP contribution < -0.4 is 5.73 Å². The van der Waals surface area contributed by atoms with Crippen LogP contribution in [-0.2, 0) is 9.84 Å². The number of hydrogen-bond acceptors (Lipinski definition) is 3. The maximum Gasteiger partial charge on any atom is 0.180 e. The molecular formula is C10H12ClNO2S. The molecule has 0 heterocycles. The van der Waals surface area contributed by atoms with Crippen molar-refractivity contribution in [2.75, 3.05) is 5.75 Å². The van der Waals surface area contributed by atoms with E-state index in [1.165, 1.54) is 6.07 Å². The molecule has 5 heteroatoms. The molecule has 15 heavy (non-hydrogen) atoms. The van der Waals surface area contributed by atoms with Crippen molar-refractivity contribution in [2.45, 2.75) is 23.3 Å². The molecule has 0 bridgehead atoms. The molecule has 1 aromatic carbocycles. The third-order valence-electron chi connectivity index (χ3n) is 2.52. The first kappa shape index (κ1) is 10.9. The number of sulfone groups is 1. The Morgan fingerprint density at radius 2 is 2.07 bits per heavy atom. The van der Waals surface area contributed by atoms with Crippen molar-refractivity contribution >= 4 is 21.4 Å². The van der Waals surface area contributed by atoms with Gasteiger partial charge in [0, 0.05) is 10.6 Å². The molecule has 1 fully saturated rings. The van der Waals surface area contributed by atoms with Crippen LogP contribution in [0.25, 0.3) is 0 Å². The van der Waals surface area contributed by atoms with E-state index >= 15 is 0 Å². The second-order valence-corrected chi connectivity index (χ2v) is 6.50. The summed E-state index contributed by atoms with van der Waals surface area (Å²) in [6.45, 7) is 0. The van der Waals surface area contributed by atoms with Crippen molar-refractivity contribution in [3.63, 3.8) is 0 Å². The van der Waals surface area contributed by atoms with E-state index in [0.29, 0.717) is 5.02 Å². The van der Waals surface area contributed by atoms with Gasteiger partial charge in [-0.3, -0.25) is 0 Å². The zero-order chi connectivity index (χ0) is 11.1. The largest absolute Gasteiger partial charge is 0.324 e. The first-order chi connectivity index (χ1) is 6.91. The van der Waals surface area contributed by atoms with Gasteiger partial charge in [-0.15, -0.1) is 0 Å². The molecule has 0 radical (unpaired) electrons. The topological polar surface area (TPSA) is 60.2 Å². The Balaban J connectivity index is 2.29. The van der Waals surface area contributed by atoms with Crippen LogP contribution in [0.15, 0.2) is 29.2 Å². The Morgan fingerprint density at radius 1 is 1.40 bits per heavy atom. The molecule has 1 aromatic rings. The predicted octanol–water partition coefficient (Wildman–Crippen LogP) is 1.60. The lowest BCUT2D eigenvalue weighted by atomic mass is 10.4. The number of halogens is 1. The van der Waals surface area contributed by atoms with E-state index in [-0.39, 0.29) is 10.6 Å². The average Bonchev–Trinajstić information content (AvgIpc) is 2.82. The minimum absolute atomic E-state index is 0.0142. The summed E-state index contributed by atoms with van der Waals surface area (Å²) in [4.78, 5) is 0.256. The Morgan fingerprint density at radius 3 is 2.60 bits per heavy atom. The van der Waals surface area contributed by atoms with Gasteiger partial charge in [0.1, 0.15) is 0 Å². The highest BCUT2D eigenvalue weighted by atomic mass is 35.5. The van der Waals surface area contributed by atoms with Crippen LogP contribution in [0.5, 0.6) is 0 Å². The van der Waals surface area contributed by atoms with Crippen LogP contribution in [0.3, 0.4) is 0 Å². The summed E-state index contributed by atoms with van der Waals surface area (Å²) in [6, 6.07) is 6.29. The van der Waals surface area contributed by atoms with Crippen LogP contribution in [0.4, 0.5) is 0 Å². The van der Waals surface area contributed by atoms with Gasteiger partial charge >= 0.3 is 0 Å². The van der Waals surface area contributed by atoms with Crippen LogP contribution >= 0.6 is 11.6 Å². The third-order valence-corrected chi connectivity index (χ3v) is 4.69. The number of nitrogens with two attached hydrogens (primary N) is 1. The van der Waals surface area contributed by atoms with Gasteiger partial charge in [0.05, 0.1) is 10.6 Å². The lowest BCUT2D eigenvalue weighted by Crippen LogP contribution is -2.31. The van der Waals surface area contributed by atoms with Crippen molar-refractivity contribution in [1.29, 1.82) is 0 Å². The number of rotatable bonds is 3. The van der Waals surface area contributed by atoms with Gasteiger partial charge in [-0.25, -0.2) is 8.42 Å². The molecule has 1 saturated carbocycles. The van der Waals surface area contributed by atoms with E-state index in [1.807, 2.05) is 0 Å². The van der Waals surface area contributed by atoms with Crippen LogP contribution in [-0.4, -0.2) is 19.7 Å². The minimum atomic E-state index is -3.29. The van der Waals surface area contributed by atoms with Crippen LogP contribution in [0.2, 0.25) is 5.02 Å². The van der Waals surface area contributed by atoms with Gasteiger partial charge in [0.25, 0.3) is 0 Å². The fourth-order valence-corrected chi connectivity index (χ4v) is 3.49. The molecule has 2 rings (SSSR count). The molecule has 0 atom stereocenters. The van der Waals surface area contributed by atoms with Crippen molar-refractivity contribution < 1.29 is 8.42 Å². The highest BCUT2D eigenvalue weighted by molar-refractivity contribution is 7.91. The molecule has 3 nitrogen and oxygen atoms in total. The molecular weight excluding hydrogens is 234 g/mol. The first-order valence-corrected chi connectivity index (χ1v) is 6.72. The van der Waals surface area contributed by atoms with E-state index in [1.54, 1.807) is 18.2 Å². The zero-order valence-corrected chi connectivity index (χ0v) is 9.68. The molecule has 0 amide bonds. The Bertz CT molecular complexity index is 480. The summed E-state index contributed by atoms with van der Waals surface area (Å²) in [7, 11) is -3.29. The Labute approximate surface area is 94.2 Å². The standard InChI is InChI=1S/C10H12ClNO2S/c11-8-2-1-3-9(6-8)15(13,14)7-10(12)4-5-10/h1-3,6H,4-5,7,12H2. The predicted molar refractivity (Wildman–Crippen MR) is 59.7 cm³/mol. The quantitative estimate of drug-likeness (QED) is 0.880. The number of benzene rings is 1. The van der Waals surface area contributed by atoms with E-state index in [4.69, 9.17) is 17.3 Å². The van der Waals surface area contributed by atoms with E-state index < -0.39 is 15.4 Å². The van der Waals surface area contributed by atoms with Crippen molar-refractivity contribution in [3.05, 3.63) is 29.3 Å². The summed E-state index contributed by atoms with van der Waals surface area (Å²) in [6.07, 6.45) is 1.57. The molecule has 0 spiro atoms. The maximum atomic E-state index is 11.9. The molecule has 0 saturated heterocycles. The minimum Gasteiger partial charge on any atom is -0.324 e. The average molecular weight is 246 g/mol. The summed E-state index contributed by atoms with van der Waals surface area (Å²) in [5.41, 5.74) is 5.30. The molecule has 2 N–H and O–H groups in total. The highest BCUT2D eigenvalue weighted by Gasteiger charge is 2.42. The fraction of sp³-hybridized carbons (Fsp3) is 0.400. The van der Waals surface area contributed by atoms with Gasteiger partial charge in [-0.05, 0) is 31.0 Å². The van der Waals surface area contributed by atoms with Crippen molar-refractivity contribution in [2.24, 2.45) is 5.73 Å². The second kappa shape index (κ2) is 3.47. The summed E-state index contributed by atoms with van der Waals surface area (Å²) < 4.78 is 23.8. The summed E-state index contributed by atoms with van der Waals surface area (Å²) in [5, 5.41) is 0.429. The van der Waals surface area contributed by atoms with Gasteiger partial charge in [-0.2, -0.15) is 0 Å². The smallest absolute Gasteiger partial charge is 0.180 e. The van der Waals surface area contributed by atoms with E-state index in [2.05, 4.69) is 0 Å².